The zero-order valence-corrected chi connectivity index (χ0v) is 11.5. The molecule has 6 nitrogen and oxygen atoms in total. The molecule has 0 fully saturated rings. The molecule has 0 aliphatic rings. The Balaban J connectivity index is 1.77. The molecular formula is C13H11N5OS. The van der Waals surface area contributed by atoms with Crippen molar-refractivity contribution in [3.8, 4) is 17.3 Å². The van der Waals surface area contributed by atoms with Gasteiger partial charge in [-0.3, -0.25) is 9.97 Å². The number of hydrogen-bond acceptors (Lipinski definition) is 7. The van der Waals surface area contributed by atoms with Crippen molar-refractivity contribution < 1.29 is 4.74 Å². The maximum Gasteiger partial charge on any atom is 0.213 e. The highest BCUT2D eigenvalue weighted by atomic mass is 32.1. The molecule has 0 unspecified atom stereocenters. The Morgan fingerprint density at radius 3 is 2.75 bits per heavy atom. The van der Waals surface area contributed by atoms with E-state index in [1.165, 1.54) is 11.3 Å². The summed E-state index contributed by atoms with van der Waals surface area (Å²) in [6.07, 6.45) is 6.67. The van der Waals surface area contributed by atoms with Gasteiger partial charge in [0.25, 0.3) is 0 Å². The van der Waals surface area contributed by atoms with Crippen LogP contribution in [0, 0.1) is 0 Å². The van der Waals surface area contributed by atoms with Crippen LogP contribution in [0.3, 0.4) is 0 Å². The third-order valence-electron chi connectivity index (χ3n) is 2.53. The highest BCUT2D eigenvalue weighted by Crippen LogP contribution is 2.25. The Kier molecular flexibility index (Phi) is 3.51. The van der Waals surface area contributed by atoms with Gasteiger partial charge in [-0.15, -0.1) is 11.3 Å². The van der Waals surface area contributed by atoms with Gasteiger partial charge < -0.3 is 10.1 Å². The second kappa shape index (κ2) is 5.62. The fourth-order valence-electron chi connectivity index (χ4n) is 1.58. The van der Waals surface area contributed by atoms with Crippen LogP contribution in [0.1, 0.15) is 0 Å². The summed E-state index contributed by atoms with van der Waals surface area (Å²) >= 11 is 1.50. The Morgan fingerprint density at radius 2 is 2.05 bits per heavy atom. The van der Waals surface area contributed by atoms with Gasteiger partial charge in [0, 0.05) is 23.8 Å². The molecular weight excluding hydrogens is 274 g/mol. The summed E-state index contributed by atoms with van der Waals surface area (Å²) in [5, 5.41) is 5.90. The van der Waals surface area contributed by atoms with Crippen LogP contribution < -0.4 is 10.1 Å². The molecule has 20 heavy (non-hydrogen) atoms. The highest BCUT2D eigenvalue weighted by Gasteiger charge is 2.06. The number of nitrogens with zero attached hydrogens (tertiary/aromatic N) is 4. The van der Waals surface area contributed by atoms with Gasteiger partial charge in [-0.25, -0.2) is 9.97 Å². The lowest BCUT2D eigenvalue weighted by Gasteiger charge is -2.02. The molecule has 0 radical (unpaired) electrons. The van der Waals surface area contributed by atoms with E-state index in [0.717, 1.165) is 22.2 Å². The van der Waals surface area contributed by atoms with Crippen LogP contribution in [-0.4, -0.2) is 27.0 Å². The fraction of sp³-hybridized carbons (Fsp3) is 0.0769. The monoisotopic (exact) mass is 285 g/mol. The van der Waals surface area contributed by atoms with Gasteiger partial charge >= 0.3 is 0 Å². The fourth-order valence-corrected chi connectivity index (χ4v) is 2.30. The van der Waals surface area contributed by atoms with E-state index in [2.05, 4.69) is 25.3 Å². The van der Waals surface area contributed by atoms with Gasteiger partial charge in [-0.05, 0) is 6.07 Å². The first-order valence-corrected chi connectivity index (χ1v) is 6.72. The van der Waals surface area contributed by atoms with E-state index in [-0.39, 0.29) is 0 Å². The first-order chi connectivity index (χ1) is 9.85. The van der Waals surface area contributed by atoms with Gasteiger partial charge in [0.15, 0.2) is 5.13 Å². The minimum atomic E-state index is 0.579. The quantitative estimate of drug-likeness (QED) is 0.794. The maximum atomic E-state index is 5.01. The summed E-state index contributed by atoms with van der Waals surface area (Å²) in [5.41, 5.74) is 2.41. The second-order valence-electron chi connectivity index (χ2n) is 3.84. The first-order valence-electron chi connectivity index (χ1n) is 5.84. The Morgan fingerprint density at radius 1 is 1.10 bits per heavy atom. The summed E-state index contributed by atoms with van der Waals surface area (Å²) in [7, 11) is 1.59. The predicted octanol–water partition coefficient (Wildman–Crippen LogP) is 2.75. The molecule has 0 spiro atoms. The molecule has 7 heteroatoms. The molecule has 0 atom stereocenters. The van der Waals surface area contributed by atoms with Crippen molar-refractivity contribution in [2.45, 2.75) is 0 Å². The zero-order chi connectivity index (χ0) is 13.8. The molecule has 3 rings (SSSR count). The number of thiazole rings is 1. The van der Waals surface area contributed by atoms with Gasteiger partial charge in [0.1, 0.15) is 11.4 Å². The van der Waals surface area contributed by atoms with E-state index in [9.17, 15) is 0 Å². The number of nitrogens with one attached hydrogen (secondary N) is 1. The SMILES string of the molecule is COc1ccc(Nc2nc(-c3cnccn3)cs2)cn1. The van der Waals surface area contributed by atoms with Crippen molar-refractivity contribution in [3.63, 3.8) is 0 Å². The van der Waals surface area contributed by atoms with E-state index in [1.807, 2.05) is 11.4 Å². The molecule has 0 aliphatic carbocycles. The normalized spacial score (nSPS) is 10.2. The Labute approximate surface area is 119 Å². The van der Waals surface area contributed by atoms with Crippen molar-refractivity contribution in [2.75, 3.05) is 12.4 Å². The van der Waals surface area contributed by atoms with Crippen LogP contribution in [-0.2, 0) is 0 Å². The molecule has 3 aromatic heterocycles. The average Bonchev–Trinajstić information content (AvgIpc) is 2.97. The van der Waals surface area contributed by atoms with E-state index >= 15 is 0 Å². The van der Waals surface area contributed by atoms with E-state index in [0.29, 0.717) is 5.88 Å². The van der Waals surface area contributed by atoms with Crippen molar-refractivity contribution in [1.82, 2.24) is 19.9 Å². The van der Waals surface area contributed by atoms with Gasteiger partial charge in [-0.2, -0.15) is 0 Å². The molecule has 0 bridgehead atoms. The minimum absolute atomic E-state index is 0.579. The summed E-state index contributed by atoms with van der Waals surface area (Å²) < 4.78 is 5.01. The van der Waals surface area contributed by atoms with E-state index in [1.54, 1.807) is 38.0 Å². The lowest BCUT2D eigenvalue weighted by molar-refractivity contribution is 0.398. The van der Waals surface area contributed by atoms with E-state index in [4.69, 9.17) is 4.74 Å². The Bertz CT molecular complexity index is 683. The van der Waals surface area contributed by atoms with Crippen LogP contribution in [0.15, 0.2) is 42.3 Å². The van der Waals surface area contributed by atoms with E-state index < -0.39 is 0 Å². The Hall–Kier alpha value is -2.54. The summed E-state index contributed by atoms with van der Waals surface area (Å²) in [4.78, 5) is 16.8. The standard InChI is InChI=1S/C13H11N5OS/c1-19-12-3-2-9(6-16-12)17-13-18-11(8-20-13)10-7-14-4-5-15-10/h2-8H,1H3,(H,17,18). The van der Waals surface area contributed by atoms with Crippen molar-refractivity contribution in [2.24, 2.45) is 0 Å². The number of aromatic nitrogens is 4. The summed E-state index contributed by atoms with van der Waals surface area (Å²) in [5.74, 6) is 0.579. The molecule has 100 valence electrons. The molecule has 3 heterocycles. The maximum absolute atomic E-state index is 5.01. The molecule has 3 aromatic rings. The zero-order valence-electron chi connectivity index (χ0n) is 10.6. The molecule has 0 saturated heterocycles. The number of ether oxygens (including phenoxy) is 1. The van der Waals surface area contributed by atoms with Crippen LogP contribution in [0.25, 0.3) is 11.4 Å². The third-order valence-corrected chi connectivity index (χ3v) is 3.28. The number of rotatable bonds is 4. The number of hydrogen-bond donors (Lipinski definition) is 1. The summed E-state index contributed by atoms with van der Waals surface area (Å²) in [6.45, 7) is 0. The van der Waals surface area contributed by atoms with Gasteiger partial charge in [0.2, 0.25) is 5.88 Å². The van der Waals surface area contributed by atoms with Gasteiger partial charge in [0.05, 0.1) is 25.2 Å². The number of pyridine rings is 1. The van der Waals surface area contributed by atoms with Gasteiger partial charge in [-0.1, -0.05) is 0 Å². The van der Waals surface area contributed by atoms with Crippen LogP contribution in [0.2, 0.25) is 0 Å². The van der Waals surface area contributed by atoms with Crippen molar-refractivity contribution >= 4 is 22.2 Å². The topological polar surface area (TPSA) is 72.8 Å². The minimum Gasteiger partial charge on any atom is -0.481 e. The predicted molar refractivity (Wildman–Crippen MR) is 77.2 cm³/mol. The lowest BCUT2D eigenvalue weighted by Crippen LogP contribution is -1.92. The van der Waals surface area contributed by atoms with Crippen LogP contribution in [0.4, 0.5) is 10.8 Å². The number of anilines is 2. The molecule has 0 amide bonds. The smallest absolute Gasteiger partial charge is 0.213 e. The van der Waals surface area contributed by atoms with Crippen molar-refractivity contribution in [3.05, 3.63) is 42.3 Å². The molecule has 0 saturated carbocycles. The first kappa shape index (κ1) is 12.5. The average molecular weight is 285 g/mol. The molecule has 1 N–H and O–H groups in total. The second-order valence-corrected chi connectivity index (χ2v) is 4.70. The van der Waals surface area contributed by atoms with Crippen LogP contribution >= 0.6 is 11.3 Å². The molecule has 0 aliphatic heterocycles. The van der Waals surface area contributed by atoms with Crippen molar-refractivity contribution in [1.29, 1.82) is 0 Å². The third kappa shape index (κ3) is 2.72. The largest absolute Gasteiger partial charge is 0.481 e. The highest BCUT2D eigenvalue weighted by molar-refractivity contribution is 7.14. The number of methoxy groups -OCH3 is 1. The molecule has 0 aromatic carbocycles. The lowest BCUT2D eigenvalue weighted by atomic mass is 10.4. The summed E-state index contributed by atoms with van der Waals surface area (Å²) in [6, 6.07) is 3.68. The van der Waals surface area contributed by atoms with Crippen LogP contribution in [0.5, 0.6) is 5.88 Å².